The first-order chi connectivity index (χ1) is 9.08. The molecule has 7 heteroatoms. The maximum Gasteiger partial charge on any atom is 0.356 e. The maximum absolute atomic E-state index is 11.2. The van der Waals surface area contributed by atoms with E-state index in [1.54, 1.807) is 11.7 Å². The molecule has 2 rings (SSSR count). The third kappa shape index (κ3) is 3.25. The van der Waals surface area contributed by atoms with Crippen molar-refractivity contribution in [3.05, 3.63) is 34.3 Å². The Kier molecular flexibility index (Phi) is 4.06. The Morgan fingerprint density at radius 3 is 2.84 bits per heavy atom. The quantitative estimate of drug-likeness (QED) is 0.873. The molecule has 0 unspecified atom stereocenters. The van der Waals surface area contributed by atoms with Crippen LogP contribution >= 0.6 is 11.3 Å². The topological polar surface area (TPSA) is 88.0 Å². The van der Waals surface area contributed by atoms with Crippen molar-refractivity contribution in [3.8, 4) is 0 Å². The monoisotopic (exact) mass is 278 g/mol. The SMILES string of the molecule is CC(C)c1ncc(NCc2cncs2)c(C(=O)O)n1. The van der Waals surface area contributed by atoms with Gasteiger partial charge in [0.05, 0.1) is 23.9 Å². The minimum atomic E-state index is -1.06. The van der Waals surface area contributed by atoms with Crippen LogP contribution in [0, 0.1) is 0 Å². The number of rotatable bonds is 5. The molecule has 0 atom stereocenters. The molecule has 0 fully saturated rings. The molecule has 0 saturated carbocycles. The van der Waals surface area contributed by atoms with Gasteiger partial charge in [-0.1, -0.05) is 13.8 Å². The molecule has 0 saturated heterocycles. The normalized spacial score (nSPS) is 10.7. The molecule has 0 amide bonds. The summed E-state index contributed by atoms with van der Waals surface area (Å²) in [6.07, 6.45) is 3.26. The molecule has 2 N–H and O–H groups in total. The van der Waals surface area contributed by atoms with E-state index < -0.39 is 5.97 Å². The van der Waals surface area contributed by atoms with Crippen LogP contribution in [0.1, 0.15) is 41.0 Å². The van der Waals surface area contributed by atoms with Crippen LogP contribution in [0.3, 0.4) is 0 Å². The summed E-state index contributed by atoms with van der Waals surface area (Å²) in [6.45, 7) is 4.35. The number of hydrogen-bond acceptors (Lipinski definition) is 6. The number of nitrogens with zero attached hydrogens (tertiary/aromatic N) is 3. The van der Waals surface area contributed by atoms with Crippen LogP contribution in [-0.2, 0) is 6.54 Å². The van der Waals surface area contributed by atoms with E-state index in [1.165, 1.54) is 17.5 Å². The number of nitrogens with one attached hydrogen (secondary N) is 1. The molecule has 2 heterocycles. The van der Waals surface area contributed by atoms with Gasteiger partial charge >= 0.3 is 5.97 Å². The minimum Gasteiger partial charge on any atom is -0.476 e. The lowest BCUT2D eigenvalue weighted by Crippen LogP contribution is -2.11. The van der Waals surface area contributed by atoms with Gasteiger partial charge in [-0.2, -0.15) is 0 Å². The Morgan fingerprint density at radius 2 is 2.26 bits per heavy atom. The van der Waals surface area contributed by atoms with E-state index in [9.17, 15) is 9.90 Å². The molecule has 0 spiro atoms. The van der Waals surface area contributed by atoms with Crippen LogP contribution in [0.25, 0.3) is 0 Å². The Morgan fingerprint density at radius 1 is 1.47 bits per heavy atom. The van der Waals surface area contributed by atoms with E-state index >= 15 is 0 Å². The van der Waals surface area contributed by atoms with Crippen LogP contribution in [0.15, 0.2) is 17.9 Å². The zero-order valence-electron chi connectivity index (χ0n) is 10.6. The molecule has 0 aliphatic rings. The summed E-state index contributed by atoms with van der Waals surface area (Å²) in [5, 5.41) is 12.2. The third-order valence-electron chi connectivity index (χ3n) is 2.46. The molecule has 0 radical (unpaired) electrons. The Labute approximate surface area is 114 Å². The van der Waals surface area contributed by atoms with Gasteiger partial charge in [-0.15, -0.1) is 11.3 Å². The number of carboxylic acids is 1. The van der Waals surface area contributed by atoms with Gasteiger partial charge in [-0.3, -0.25) is 4.98 Å². The number of aromatic carboxylic acids is 1. The second-order valence-electron chi connectivity index (χ2n) is 4.27. The Hall–Kier alpha value is -2.02. The summed E-state index contributed by atoms with van der Waals surface area (Å²) < 4.78 is 0. The predicted octanol–water partition coefficient (Wildman–Crippen LogP) is 2.37. The van der Waals surface area contributed by atoms with E-state index in [2.05, 4.69) is 20.3 Å². The number of anilines is 1. The largest absolute Gasteiger partial charge is 0.476 e. The van der Waals surface area contributed by atoms with Gasteiger partial charge in [0.25, 0.3) is 0 Å². The predicted molar refractivity (Wildman–Crippen MR) is 72.5 cm³/mol. The molecule has 19 heavy (non-hydrogen) atoms. The average molecular weight is 278 g/mol. The molecule has 0 aliphatic carbocycles. The number of aromatic nitrogens is 3. The standard InChI is InChI=1S/C12H14N4O2S/c1-7(2)11-15-5-9(10(16-11)12(17)18)14-4-8-3-13-6-19-8/h3,5-7,14H,4H2,1-2H3,(H,17,18). The lowest BCUT2D eigenvalue weighted by Gasteiger charge is -2.10. The van der Waals surface area contributed by atoms with Gasteiger partial charge in [-0.05, 0) is 0 Å². The average Bonchev–Trinajstić information content (AvgIpc) is 2.89. The van der Waals surface area contributed by atoms with Crippen molar-refractivity contribution in [1.29, 1.82) is 0 Å². The highest BCUT2D eigenvalue weighted by molar-refractivity contribution is 7.09. The smallest absolute Gasteiger partial charge is 0.356 e. The van der Waals surface area contributed by atoms with Gasteiger partial charge in [0, 0.05) is 17.0 Å². The van der Waals surface area contributed by atoms with Gasteiger partial charge in [0.1, 0.15) is 5.82 Å². The maximum atomic E-state index is 11.2. The second kappa shape index (κ2) is 5.75. The van der Waals surface area contributed by atoms with Gasteiger partial charge in [-0.25, -0.2) is 14.8 Å². The zero-order valence-corrected chi connectivity index (χ0v) is 11.4. The molecule has 100 valence electrons. The van der Waals surface area contributed by atoms with Crippen LogP contribution < -0.4 is 5.32 Å². The van der Waals surface area contributed by atoms with Crippen molar-refractivity contribution in [3.63, 3.8) is 0 Å². The van der Waals surface area contributed by atoms with Gasteiger partial charge < -0.3 is 10.4 Å². The van der Waals surface area contributed by atoms with Gasteiger partial charge in [0.2, 0.25) is 0 Å². The van der Waals surface area contributed by atoms with Crippen molar-refractivity contribution >= 4 is 23.0 Å². The van der Waals surface area contributed by atoms with Crippen molar-refractivity contribution < 1.29 is 9.90 Å². The molecule has 6 nitrogen and oxygen atoms in total. The molecular formula is C12H14N4O2S. The van der Waals surface area contributed by atoms with Crippen molar-refractivity contribution in [2.75, 3.05) is 5.32 Å². The van der Waals surface area contributed by atoms with E-state index in [4.69, 9.17) is 0 Å². The fourth-order valence-corrected chi connectivity index (χ4v) is 2.01. The van der Waals surface area contributed by atoms with Crippen molar-refractivity contribution in [2.45, 2.75) is 26.3 Å². The highest BCUT2D eigenvalue weighted by Crippen LogP contribution is 2.18. The Balaban J connectivity index is 2.21. The molecule has 2 aromatic rings. The molecule has 0 aromatic carbocycles. The molecule has 0 bridgehead atoms. The van der Waals surface area contributed by atoms with E-state index in [1.807, 2.05) is 13.8 Å². The summed E-state index contributed by atoms with van der Waals surface area (Å²) in [7, 11) is 0. The zero-order chi connectivity index (χ0) is 13.8. The summed E-state index contributed by atoms with van der Waals surface area (Å²) in [4.78, 5) is 24.5. The third-order valence-corrected chi connectivity index (χ3v) is 3.24. The van der Waals surface area contributed by atoms with Crippen LogP contribution in [-0.4, -0.2) is 26.0 Å². The fourth-order valence-electron chi connectivity index (χ4n) is 1.48. The van der Waals surface area contributed by atoms with Crippen LogP contribution in [0.5, 0.6) is 0 Å². The first-order valence-electron chi connectivity index (χ1n) is 5.79. The van der Waals surface area contributed by atoms with Crippen molar-refractivity contribution in [1.82, 2.24) is 15.0 Å². The van der Waals surface area contributed by atoms with E-state index in [-0.39, 0.29) is 11.6 Å². The van der Waals surface area contributed by atoms with Gasteiger partial charge in [0.15, 0.2) is 5.69 Å². The van der Waals surface area contributed by atoms with Crippen molar-refractivity contribution in [2.24, 2.45) is 0 Å². The van der Waals surface area contributed by atoms with E-state index in [0.29, 0.717) is 18.1 Å². The second-order valence-corrected chi connectivity index (χ2v) is 5.24. The summed E-state index contributed by atoms with van der Waals surface area (Å²) in [6, 6.07) is 0. The molecule has 0 aliphatic heterocycles. The summed E-state index contributed by atoms with van der Waals surface area (Å²) in [5.41, 5.74) is 2.15. The lowest BCUT2D eigenvalue weighted by atomic mass is 10.2. The Bertz CT molecular complexity index is 569. The number of thiazole rings is 1. The van der Waals surface area contributed by atoms with Crippen LogP contribution in [0.4, 0.5) is 5.69 Å². The minimum absolute atomic E-state index is 0.00298. The number of carboxylic acid groups (broad SMARTS) is 1. The first-order valence-corrected chi connectivity index (χ1v) is 6.67. The van der Waals surface area contributed by atoms with Crippen LogP contribution in [0.2, 0.25) is 0 Å². The fraction of sp³-hybridized carbons (Fsp3) is 0.333. The highest BCUT2D eigenvalue weighted by Gasteiger charge is 2.15. The first kappa shape index (κ1) is 13.4. The summed E-state index contributed by atoms with van der Waals surface area (Å²) >= 11 is 1.50. The molecule has 2 aromatic heterocycles. The number of hydrogen-bond donors (Lipinski definition) is 2. The summed E-state index contributed by atoms with van der Waals surface area (Å²) in [5.74, 6) is -0.439. The molecular weight excluding hydrogens is 264 g/mol. The lowest BCUT2D eigenvalue weighted by molar-refractivity contribution is 0.0691. The van der Waals surface area contributed by atoms with E-state index in [0.717, 1.165) is 4.88 Å². The highest BCUT2D eigenvalue weighted by atomic mass is 32.1. The number of carbonyl (C=O) groups is 1.